The van der Waals surface area contributed by atoms with Crippen molar-refractivity contribution in [1.29, 1.82) is 0 Å². The molecule has 0 saturated heterocycles. The van der Waals surface area contributed by atoms with Gasteiger partial charge in [-0.3, -0.25) is 4.98 Å². The normalized spacial score (nSPS) is 11.3. The predicted molar refractivity (Wildman–Crippen MR) is 75.4 cm³/mol. The van der Waals surface area contributed by atoms with E-state index in [1.54, 1.807) is 13.2 Å². The molecule has 2 aromatic heterocycles. The number of hydrogen-bond acceptors (Lipinski definition) is 4. The van der Waals surface area contributed by atoms with E-state index in [-0.39, 0.29) is 0 Å². The summed E-state index contributed by atoms with van der Waals surface area (Å²) in [5, 5.41) is 1.10. The molecule has 6 nitrogen and oxygen atoms in total. The summed E-state index contributed by atoms with van der Waals surface area (Å²) in [5.41, 5.74) is 0.741. The second-order valence-electron chi connectivity index (χ2n) is 4.56. The number of hydrogen-bond donors (Lipinski definition) is 1. The Kier molecular flexibility index (Phi) is 2.85. The van der Waals surface area contributed by atoms with Crippen LogP contribution in [0.25, 0.3) is 21.9 Å². The van der Waals surface area contributed by atoms with Gasteiger partial charge < -0.3 is 13.7 Å². The van der Waals surface area contributed by atoms with E-state index in [0.717, 1.165) is 17.3 Å². The second kappa shape index (κ2) is 4.56. The number of aromatic amines is 1. The van der Waals surface area contributed by atoms with Crippen molar-refractivity contribution in [2.45, 2.75) is 19.9 Å². The van der Waals surface area contributed by atoms with Gasteiger partial charge in [-0.25, -0.2) is 9.59 Å². The number of aryl methyl sites for hydroxylation is 1. The van der Waals surface area contributed by atoms with Crippen molar-refractivity contribution < 1.29 is 9.15 Å². The van der Waals surface area contributed by atoms with Gasteiger partial charge in [-0.05, 0) is 24.6 Å². The molecule has 0 radical (unpaired) electrons. The minimum absolute atomic E-state index is 0.381. The molecule has 0 saturated carbocycles. The van der Waals surface area contributed by atoms with Crippen molar-refractivity contribution in [3.05, 3.63) is 39.2 Å². The number of ether oxygens (including phenoxy) is 1. The molecule has 0 fully saturated rings. The Morgan fingerprint density at radius 1 is 1.35 bits per heavy atom. The van der Waals surface area contributed by atoms with Crippen molar-refractivity contribution in [2.24, 2.45) is 0 Å². The van der Waals surface area contributed by atoms with Gasteiger partial charge in [-0.1, -0.05) is 6.92 Å². The van der Waals surface area contributed by atoms with Crippen LogP contribution in [0.4, 0.5) is 0 Å². The van der Waals surface area contributed by atoms with Gasteiger partial charge in [0.05, 0.1) is 12.6 Å². The maximum Gasteiger partial charge on any atom is 0.420 e. The van der Waals surface area contributed by atoms with Crippen LogP contribution in [0.2, 0.25) is 0 Å². The minimum atomic E-state index is -0.741. The van der Waals surface area contributed by atoms with Crippen molar-refractivity contribution in [3.8, 4) is 5.75 Å². The number of H-pyrrole nitrogens is 1. The lowest BCUT2D eigenvalue weighted by Gasteiger charge is -2.04. The number of nitrogens with one attached hydrogen (secondary N) is 1. The summed E-state index contributed by atoms with van der Waals surface area (Å²) in [6, 6.07) is 5.48. The maximum atomic E-state index is 12.0. The van der Waals surface area contributed by atoms with Crippen molar-refractivity contribution in [1.82, 2.24) is 9.55 Å². The van der Waals surface area contributed by atoms with E-state index in [0.29, 0.717) is 23.3 Å². The van der Waals surface area contributed by atoms with Gasteiger partial charge in [-0.15, -0.1) is 0 Å². The number of benzene rings is 1. The zero-order valence-corrected chi connectivity index (χ0v) is 11.2. The van der Waals surface area contributed by atoms with E-state index in [9.17, 15) is 9.59 Å². The zero-order valence-electron chi connectivity index (χ0n) is 11.2. The molecule has 0 amide bonds. The molecule has 3 rings (SSSR count). The molecule has 1 N–H and O–H groups in total. The fourth-order valence-electron chi connectivity index (χ4n) is 2.51. The first-order chi connectivity index (χ1) is 9.65. The number of methoxy groups -OCH3 is 1. The largest absolute Gasteiger partial charge is 0.497 e. The molecular weight excluding hydrogens is 260 g/mol. The molecule has 2 heterocycles. The third kappa shape index (κ3) is 1.72. The lowest BCUT2D eigenvalue weighted by molar-refractivity contribution is 0.415. The quantitative estimate of drug-likeness (QED) is 0.790. The van der Waals surface area contributed by atoms with E-state index in [4.69, 9.17) is 4.74 Å². The Bertz CT molecular complexity index is 901. The first-order valence-corrected chi connectivity index (χ1v) is 6.39. The number of rotatable bonds is 3. The van der Waals surface area contributed by atoms with Crippen molar-refractivity contribution >= 4 is 21.9 Å². The van der Waals surface area contributed by atoms with E-state index in [1.165, 1.54) is 0 Å². The van der Waals surface area contributed by atoms with Gasteiger partial charge in [-0.2, -0.15) is 0 Å². The monoisotopic (exact) mass is 274 g/mol. The Morgan fingerprint density at radius 2 is 2.15 bits per heavy atom. The van der Waals surface area contributed by atoms with E-state index < -0.39 is 11.4 Å². The fraction of sp³-hybridized carbons (Fsp3) is 0.286. The van der Waals surface area contributed by atoms with E-state index in [2.05, 4.69) is 9.40 Å². The number of aromatic nitrogens is 2. The maximum absolute atomic E-state index is 12.0. The summed E-state index contributed by atoms with van der Waals surface area (Å²) in [5.74, 6) is -0.0896. The van der Waals surface area contributed by atoms with Gasteiger partial charge in [0.25, 0.3) is 0 Å². The highest BCUT2D eigenvalue weighted by Gasteiger charge is 2.16. The lowest BCUT2D eigenvalue weighted by atomic mass is 10.2. The Balaban J connectivity index is 2.55. The third-order valence-electron chi connectivity index (χ3n) is 3.33. The summed E-state index contributed by atoms with van der Waals surface area (Å²) in [4.78, 5) is 26.0. The van der Waals surface area contributed by atoms with E-state index >= 15 is 0 Å². The summed E-state index contributed by atoms with van der Waals surface area (Å²) < 4.78 is 11.8. The molecular formula is C14H14N2O4. The second-order valence-corrected chi connectivity index (χ2v) is 4.56. The molecule has 0 bridgehead atoms. The predicted octanol–water partition coefficient (Wildman–Crippen LogP) is 1.85. The van der Waals surface area contributed by atoms with Crippen LogP contribution in [0.15, 0.2) is 32.2 Å². The molecule has 0 spiro atoms. The Morgan fingerprint density at radius 3 is 2.85 bits per heavy atom. The number of nitrogens with zero attached hydrogens (tertiary/aromatic N) is 1. The molecule has 6 heteroatoms. The minimum Gasteiger partial charge on any atom is -0.497 e. The van der Waals surface area contributed by atoms with Gasteiger partial charge in [0.2, 0.25) is 0 Å². The van der Waals surface area contributed by atoms with Gasteiger partial charge in [0, 0.05) is 11.9 Å². The summed E-state index contributed by atoms with van der Waals surface area (Å²) in [7, 11) is 1.57. The molecule has 0 aliphatic rings. The van der Waals surface area contributed by atoms with Crippen molar-refractivity contribution in [2.75, 3.05) is 7.11 Å². The lowest BCUT2D eigenvalue weighted by Crippen LogP contribution is -2.15. The highest BCUT2D eigenvalue weighted by atomic mass is 16.5. The molecule has 1 aromatic carbocycles. The van der Waals surface area contributed by atoms with Gasteiger partial charge in [0.1, 0.15) is 16.8 Å². The van der Waals surface area contributed by atoms with Crippen LogP contribution in [0.1, 0.15) is 13.3 Å². The SMILES string of the molecule is CCCn1c2ccc(OC)cc2c2c(=O)oc(=O)[nH]c21. The van der Waals surface area contributed by atoms with Crippen LogP contribution in [-0.4, -0.2) is 16.7 Å². The van der Waals surface area contributed by atoms with Gasteiger partial charge in [0.15, 0.2) is 0 Å². The van der Waals surface area contributed by atoms with Crippen LogP contribution < -0.4 is 16.1 Å². The Labute approximate surface area is 113 Å². The zero-order chi connectivity index (χ0) is 14.3. The standard InChI is InChI=1S/C14H14N2O4/c1-3-6-16-10-5-4-8(19-2)7-9(10)11-12(16)15-14(18)20-13(11)17/h4-5,7H,3,6H2,1-2H3,(H,15,18). The number of fused-ring (bicyclic) bond motifs is 3. The Hall–Kier alpha value is -2.50. The molecule has 20 heavy (non-hydrogen) atoms. The van der Waals surface area contributed by atoms with Crippen LogP contribution >= 0.6 is 0 Å². The van der Waals surface area contributed by atoms with Crippen LogP contribution in [0.5, 0.6) is 5.75 Å². The topological polar surface area (TPSA) is 77.2 Å². The van der Waals surface area contributed by atoms with Crippen LogP contribution in [0, 0.1) is 0 Å². The molecule has 0 aliphatic carbocycles. The van der Waals surface area contributed by atoms with Gasteiger partial charge >= 0.3 is 11.4 Å². The van der Waals surface area contributed by atoms with Crippen molar-refractivity contribution in [3.63, 3.8) is 0 Å². The average Bonchev–Trinajstić information content (AvgIpc) is 2.73. The molecule has 0 unspecified atom stereocenters. The summed E-state index contributed by atoms with van der Waals surface area (Å²) in [6.07, 6.45) is 0.882. The van der Waals surface area contributed by atoms with E-state index in [1.807, 2.05) is 23.6 Å². The molecule has 3 aromatic rings. The first kappa shape index (κ1) is 12.5. The molecule has 0 atom stereocenters. The summed E-state index contributed by atoms with van der Waals surface area (Å²) in [6.45, 7) is 2.73. The summed E-state index contributed by atoms with van der Waals surface area (Å²) >= 11 is 0. The highest BCUT2D eigenvalue weighted by Crippen LogP contribution is 2.28. The molecule has 104 valence electrons. The third-order valence-corrected chi connectivity index (χ3v) is 3.33. The van der Waals surface area contributed by atoms with Crippen LogP contribution in [0.3, 0.4) is 0 Å². The highest BCUT2D eigenvalue weighted by molar-refractivity contribution is 6.06. The first-order valence-electron chi connectivity index (χ1n) is 6.39. The average molecular weight is 274 g/mol. The van der Waals surface area contributed by atoms with Crippen LogP contribution in [-0.2, 0) is 6.54 Å². The molecule has 0 aliphatic heterocycles. The fourth-order valence-corrected chi connectivity index (χ4v) is 2.51. The smallest absolute Gasteiger partial charge is 0.420 e.